The van der Waals surface area contributed by atoms with Gasteiger partial charge in [-0.15, -0.1) is 16.2 Å². The molecule has 11 heteroatoms. The van der Waals surface area contributed by atoms with Gasteiger partial charge in [-0.25, -0.2) is 9.78 Å². The average Bonchev–Trinajstić information content (AvgIpc) is 3.30. The molecule has 2 aromatic carbocycles. The van der Waals surface area contributed by atoms with Gasteiger partial charge in [-0.05, 0) is 43.7 Å². The molecule has 1 heterocycles. The number of aliphatic hydroxyl groups is 1. The highest BCUT2D eigenvalue weighted by molar-refractivity contribution is 7.98. The predicted octanol–water partition coefficient (Wildman–Crippen LogP) is 4.71. The first-order valence-corrected chi connectivity index (χ1v) is 15.7. The van der Waals surface area contributed by atoms with Crippen LogP contribution >= 0.6 is 11.8 Å². The van der Waals surface area contributed by atoms with Crippen LogP contribution in [0.25, 0.3) is 11.1 Å². The van der Waals surface area contributed by atoms with Gasteiger partial charge in [-0.1, -0.05) is 56.3 Å². The third-order valence-electron chi connectivity index (χ3n) is 6.45. The summed E-state index contributed by atoms with van der Waals surface area (Å²) in [6.45, 7) is 7.47. The number of aromatic nitrogens is 2. The van der Waals surface area contributed by atoms with Crippen molar-refractivity contribution in [1.29, 1.82) is 0 Å². The Morgan fingerprint density at radius 3 is 2.42 bits per heavy atom. The maximum Gasteiger partial charge on any atom is 0.344 e. The number of thioether (sulfide) groups is 1. The van der Waals surface area contributed by atoms with Gasteiger partial charge in [0, 0.05) is 32.6 Å². The number of ether oxygens (including phenoxy) is 1. The van der Waals surface area contributed by atoms with E-state index < -0.39 is 21.6 Å². The normalized spacial score (nSPS) is 14.2. The van der Waals surface area contributed by atoms with Gasteiger partial charge < -0.3 is 19.3 Å². The first kappa shape index (κ1) is 31.4. The maximum absolute atomic E-state index is 13.0. The molecule has 40 heavy (non-hydrogen) atoms. The molecule has 0 fully saturated rings. The molecule has 3 aromatic rings. The minimum Gasteiger partial charge on any atom is -0.460 e. The van der Waals surface area contributed by atoms with Gasteiger partial charge in [0.25, 0.3) is 10.0 Å². The zero-order chi connectivity index (χ0) is 29.7. The standard InChI is InChI=1S/C29H38N4O5S2/c1-8-20(3)38-28(34)29(4,35)26-27(39-7)31-25(9-2)33(26)18-21-14-16-22(17-15-21)23-12-10-11-13-24(23)40(36,37)30-19-32(5)6/h10-17,19-20,35H,8-9,18H2,1-7H3. The van der Waals surface area contributed by atoms with E-state index in [-0.39, 0.29) is 11.0 Å². The minimum absolute atomic E-state index is 0.117. The number of carbonyl (C=O) groups excluding carboxylic acids is 1. The van der Waals surface area contributed by atoms with Gasteiger partial charge in [0.2, 0.25) is 5.60 Å². The van der Waals surface area contributed by atoms with E-state index >= 15 is 0 Å². The molecule has 2 unspecified atom stereocenters. The number of esters is 1. The number of rotatable bonds is 12. The molecule has 0 bridgehead atoms. The maximum atomic E-state index is 13.0. The average molecular weight is 587 g/mol. The summed E-state index contributed by atoms with van der Waals surface area (Å²) in [5, 5.41) is 12.0. The quantitative estimate of drug-likeness (QED) is 0.141. The van der Waals surface area contributed by atoms with E-state index in [0.29, 0.717) is 35.7 Å². The number of nitrogens with zero attached hydrogens (tertiary/aromatic N) is 4. The summed E-state index contributed by atoms with van der Waals surface area (Å²) >= 11 is 1.36. The summed E-state index contributed by atoms with van der Waals surface area (Å²) in [5.41, 5.74) is 0.648. The molecule has 0 saturated carbocycles. The first-order chi connectivity index (χ1) is 18.8. The van der Waals surface area contributed by atoms with Crippen LogP contribution in [0.2, 0.25) is 0 Å². The van der Waals surface area contributed by atoms with E-state index in [1.165, 1.54) is 25.0 Å². The summed E-state index contributed by atoms with van der Waals surface area (Å²) in [6.07, 6.45) is 4.02. The van der Waals surface area contributed by atoms with E-state index in [1.807, 2.05) is 48.9 Å². The Labute approximate surface area is 241 Å². The lowest BCUT2D eigenvalue weighted by Crippen LogP contribution is -2.38. The predicted molar refractivity (Wildman–Crippen MR) is 159 cm³/mol. The van der Waals surface area contributed by atoms with Crippen LogP contribution in [0, 0.1) is 0 Å². The fraction of sp³-hybridized carbons (Fsp3) is 0.414. The van der Waals surface area contributed by atoms with Gasteiger partial charge in [0.15, 0.2) is 0 Å². The summed E-state index contributed by atoms with van der Waals surface area (Å²) < 4.78 is 37.0. The molecular formula is C29H38N4O5S2. The van der Waals surface area contributed by atoms with E-state index in [1.54, 1.807) is 50.2 Å². The second-order valence-electron chi connectivity index (χ2n) is 9.87. The summed E-state index contributed by atoms with van der Waals surface area (Å²) in [4.78, 5) is 19.4. The molecule has 1 aromatic heterocycles. The Bertz CT molecular complexity index is 1460. The monoisotopic (exact) mass is 586 g/mol. The van der Waals surface area contributed by atoms with Gasteiger partial charge in [0.05, 0.1) is 16.7 Å². The Morgan fingerprint density at radius 2 is 1.85 bits per heavy atom. The van der Waals surface area contributed by atoms with Crippen LogP contribution in [-0.4, -0.2) is 66.7 Å². The van der Waals surface area contributed by atoms with Gasteiger partial charge >= 0.3 is 5.97 Å². The van der Waals surface area contributed by atoms with Crippen LogP contribution < -0.4 is 0 Å². The van der Waals surface area contributed by atoms with Crippen molar-refractivity contribution >= 4 is 34.1 Å². The largest absolute Gasteiger partial charge is 0.460 e. The molecule has 9 nitrogen and oxygen atoms in total. The van der Waals surface area contributed by atoms with Crippen LogP contribution in [0.4, 0.5) is 0 Å². The molecule has 0 aliphatic heterocycles. The lowest BCUT2D eigenvalue weighted by molar-refractivity contribution is -0.170. The van der Waals surface area contributed by atoms with Crippen LogP contribution in [0.15, 0.2) is 62.9 Å². The van der Waals surface area contributed by atoms with Crippen molar-refractivity contribution < 1.29 is 23.1 Å². The molecule has 0 aliphatic rings. The van der Waals surface area contributed by atoms with Crippen LogP contribution in [-0.2, 0) is 38.1 Å². The van der Waals surface area contributed by atoms with Crippen molar-refractivity contribution in [1.82, 2.24) is 14.5 Å². The number of sulfonamides is 1. The molecule has 0 spiro atoms. The third kappa shape index (κ3) is 6.94. The zero-order valence-electron chi connectivity index (χ0n) is 24.1. The Balaban J connectivity index is 2.01. The van der Waals surface area contributed by atoms with Crippen molar-refractivity contribution in [3.63, 3.8) is 0 Å². The topological polar surface area (TPSA) is 114 Å². The molecular weight excluding hydrogens is 548 g/mol. The summed E-state index contributed by atoms with van der Waals surface area (Å²) in [7, 11) is -0.494. The van der Waals surface area contributed by atoms with Gasteiger partial charge in [0.1, 0.15) is 17.2 Å². The highest BCUT2D eigenvalue weighted by atomic mass is 32.2. The molecule has 1 N–H and O–H groups in total. The Hall–Kier alpha value is -3.15. The van der Waals surface area contributed by atoms with Crippen molar-refractivity contribution in [3.05, 3.63) is 65.6 Å². The second kappa shape index (κ2) is 13.0. The highest BCUT2D eigenvalue weighted by Crippen LogP contribution is 2.34. The van der Waals surface area contributed by atoms with Crippen molar-refractivity contribution in [2.75, 3.05) is 20.4 Å². The van der Waals surface area contributed by atoms with Crippen molar-refractivity contribution in [3.8, 4) is 11.1 Å². The number of hydrogen-bond donors (Lipinski definition) is 1. The molecule has 216 valence electrons. The lowest BCUT2D eigenvalue weighted by Gasteiger charge is -2.26. The highest BCUT2D eigenvalue weighted by Gasteiger charge is 2.41. The first-order valence-electron chi connectivity index (χ1n) is 13.1. The van der Waals surface area contributed by atoms with Crippen LogP contribution in [0.1, 0.15) is 51.2 Å². The fourth-order valence-corrected chi connectivity index (χ4v) is 5.96. The smallest absolute Gasteiger partial charge is 0.344 e. The van der Waals surface area contributed by atoms with Crippen molar-refractivity contribution in [2.24, 2.45) is 4.40 Å². The van der Waals surface area contributed by atoms with E-state index in [2.05, 4.69) is 4.40 Å². The third-order valence-corrected chi connectivity index (χ3v) is 8.41. The number of carbonyl (C=O) groups is 1. The Kier molecular flexibility index (Phi) is 10.2. The van der Waals surface area contributed by atoms with Crippen molar-refractivity contribution in [2.45, 2.75) is 68.7 Å². The minimum atomic E-state index is -3.90. The molecule has 2 atom stereocenters. The summed E-state index contributed by atoms with van der Waals surface area (Å²) in [5.74, 6) is 0.0151. The van der Waals surface area contributed by atoms with Crippen LogP contribution in [0.5, 0.6) is 0 Å². The Morgan fingerprint density at radius 1 is 1.20 bits per heavy atom. The molecule has 3 rings (SSSR count). The lowest BCUT2D eigenvalue weighted by atomic mass is 10.0. The van der Waals surface area contributed by atoms with E-state index in [9.17, 15) is 18.3 Å². The SMILES string of the molecule is CCc1nc(SC)c(C(C)(O)C(=O)OC(C)CC)n1Cc1ccc(-c2ccccc2S(=O)(=O)N=CN(C)C)cc1. The van der Waals surface area contributed by atoms with Gasteiger partial charge in [-0.3, -0.25) is 0 Å². The van der Waals surface area contributed by atoms with E-state index in [4.69, 9.17) is 9.72 Å². The molecule has 0 radical (unpaired) electrons. The summed E-state index contributed by atoms with van der Waals surface area (Å²) in [6, 6.07) is 14.3. The number of hydrogen-bond acceptors (Lipinski definition) is 7. The van der Waals surface area contributed by atoms with Gasteiger partial charge in [-0.2, -0.15) is 8.42 Å². The molecule has 0 amide bonds. The van der Waals surface area contributed by atoms with Crippen LogP contribution in [0.3, 0.4) is 0 Å². The second-order valence-corrected chi connectivity index (χ2v) is 12.3. The van der Waals surface area contributed by atoms with E-state index in [0.717, 1.165) is 17.0 Å². The number of aryl methyl sites for hydroxylation is 1. The molecule has 0 aliphatic carbocycles. The number of benzene rings is 2. The number of imidazole rings is 1. The fourth-order valence-electron chi connectivity index (χ4n) is 4.12. The zero-order valence-corrected chi connectivity index (χ0v) is 25.7. The molecule has 0 saturated heterocycles.